The van der Waals surface area contributed by atoms with Gasteiger partial charge in [-0.3, -0.25) is 14.8 Å². The number of rotatable bonds is 3. The number of pyridine rings is 2. The van der Waals surface area contributed by atoms with Crippen molar-refractivity contribution in [2.24, 2.45) is 5.10 Å². The van der Waals surface area contributed by atoms with Gasteiger partial charge in [-0.25, -0.2) is 5.43 Å². The van der Waals surface area contributed by atoms with Crippen molar-refractivity contribution in [1.82, 2.24) is 15.4 Å². The van der Waals surface area contributed by atoms with Gasteiger partial charge in [-0.2, -0.15) is 5.10 Å². The Morgan fingerprint density at radius 2 is 1.95 bits per heavy atom. The number of fused-ring (bicyclic) bond motifs is 1. The number of hydrazone groups is 1. The molecule has 1 amide bonds. The maximum absolute atomic E-state index is 12.3. The molecule has 5 heteroatoms. The van der Waals surface area contributed by atoms with E-state index in [2.05, 4.69) is 20.5 Å². The molecule has 0 aliphatic rings. The van der Waals surface area contributed by atoms with Crippen LogP contribution in [0.25, 0.3) is 10.9 Å². The molecule has 1 aromatic carbocycles. The molecule has 0 bridgehead atoms. The molecule has 1 N–H and O–H groups in total. The highest BCUT2D eigenvalue weighted by molar-refractivity contribution is 6.06. The number of aromatic nitrogens is 2. The number of nitrogens with zero attached hydrogens (tertiary/aromatic N) is 3. The molecule has 2 heterocycles. The molecule has 3 aromatic rings. The van der Waals surface area contributed by atoms with Crippen LogP contribution in [0.1, 0.15) is 21.6 Å². The fourth-order valence-electron chi connectivity index (χ4n) is 2.17. The van der Waals surface area contributed by atoms with Crippen LogP contribution in [-0.4, -0.2) is 22.1 Å². The molecule has 3 rings (SSSR count). The highest BCUT2D eigenvalue weighted by Gasteiger charge is 2.10. The molecule has 0 spiro atoms. The van der Waals surface area contributed by atoms with Crippen LogP contribution in [0, 0.1) is 6.92 Å². The molecule has 108 valence electrons. The summed E-state index contributed by atoms with van der Waals surface area (Å²) in [7, 11) is 0. The third kappa shape index (κ3) is 2.98. The smallest absolute Gasteiger partial charge is 0.267 e. The number of nitrogens with one attached hydrogen (secondary N) is 1. The van der Waals surface area contributed by atoms with Crippen LogP contribution in [0.2, 0.25) is 0 Å². The molecule has 0 aliphatic heterocycles. The van der Waals surface area contributed by atoms with Crippen LogP contribution in [0.15, 0.2) is 60.0 Å². The van der Waals surface area contributed by atoms with Gasteiger partial charge >= 0.3 is 0 Å². The van der Waals surface area contributed by atoms with E-state index in [-0.39, 0.29) is 5.91 Å². The number of amides is 1. The predicted octanol–water partition coefficient (Wildman–Crippen LogP) is 2.70. The Kier molecular flexibility index (Phi) is 3.87. The fourth-order valence-corrected chi connectivity index (χ4v) is 2.17. The fraction of sp³-hybridized carbons (Fsp3) is 0.0588. The van der Waals surface area contributed by atoms with E-state index in [1.807, 2.05) is 43.3 Å². The third-order valence-electron chi connectivity index (χ3n) is 3.17. The SMILES string of the molecule is Cc1cc(C(=O)N/N=C/c2ccncc2)c2ccccc2n1. The number of aryl methyl sites for hydroxylation is 1. The molecule has 0 aliphatic carbocycles. The first-order valence-electron chi connectivity index (χ1n) is 6.84. The molecule has 0 atom stereocenters. The monoisotopic (exact) mass is 290 g/mol. The lowest BCUT2D eigenvalue weighted by Gasteiger charge is -2.06. The van der Waals surface area contributed by atoms with Crippen molar-refractivity contribution in [1.29, 1.82) is 0 Å². The van der Waals surface area contributed by atoms with Gasteiger partial charge < -0.3 is 0 Å². The highest BCUT2D eigenvalue weighted by Crippen LogP contribution is 2.17. The Labute approximate surface area is 127 Å². The van der Waals surface area contributed by atoms with Gasteiger partial charge in [-0.15, -0.1) is 0 Å². The van der Waals surface area contributed by atoms with Crippen LogP contribution < -0.4 is 5.43 Å². The summed E-state index contributed by atoms with van der Waals surface area (Å²) < 4.78 is 0. The predicted molar refractivity (Wildman–Crippen MR) is 85.8 cm³/mol. The van der Waals surface area contributed by atoms with Crippen molar-refractivity contribution in [2.75, 3.05) is 0 Å². The van der Waals surface area contributed by atoms with Crippen molar-refractivity contribution in [3.05, 3.63) is 71.7 Å². The summed E-state index contributed by atoms with van der Waals surface area (Å²) in [6, 6.07) is 12.9. The Hall–Kier alpha value is -3.08. The third-order valence-corrected chi connectivity index (χ3v) is 3.17. The van der Waals surface area contributed by atoms with E-state index in [9.17, 15) is 4.79 Å². The van der Waals surface area contributed by atoms with Crippen LogP contribution in [0.5, 0.6) is 0 Å². The van der Waals surface area contributed by atoms with Crippen LogP contribution >= 0.6 is 0 Å². The van der Waals surface area contributed by atoms with Gasteiger partial charge in [-0.1, -0.05) is 18.2 Å². The standard InChI is InChI=1S/C17H14N4O/c1-12-10-15(14-4-2-3-5-16(14)20-12)17(22)21-19-11-13-6-8-18-9-7-13/h2-11H,1H3,(H,21,22)/b19-11+. The van der Waals surface area contributed by atoms with Crippen molar-refractivity contribution in [2.45, 2.75) is 6.92 Å². The van der Waals surface area contributed by atoms with Crippen LogP contribution in [0.3, 0.4) is 0 Å². The minimum atomic E-state index is -0.257. The summed E-state index contributed by atoms with van der Waals surface area (Å²) in [6.45, 7) is 1.86. The Bertz CT molecular complexity index is 844. The van der Waals surface area contributed by atoms with E-state index < -0.39 is 0 Å². The van der Waals surface area contributed by atoms with Gasteiger partial charge in [0.05, 0.1) is 17.3 Å². The zero-order valence-electron chi connectivity index (χ0n) is 12.0. The molecular formula is C17H14N4O. The topological polar surface area (TPSA) is 67.2 Å². The Morgan fingerprint density at radius 1 is 1.18 bits per heavy atom. The number of hydrogen-bond acceptors (Lipinski definition) is 4. The molecule has 0 saturated heterocycles. The van der Waals surface area contributed by atoms with Crippen molar-refractivity contribution < 1.29 is 4.79 Å². The highest BCUT2D eigenvalue weighted by atomic mass is 16.2. The first kappa shape index (κ1) is 13.9. The maximum Gasteiger partial charge on any atom is 0.272 e. The summed E-state index contributed by atoms with van der Waals surface area (Å²) >= 11 is 0. The van der Waals surface area contributed by atoms with Gasteiger partial charge in [0.1, 0.15) is 0 Å². The minimum absolute atomic E-state index is 0.257. The van der Waals surface area contributed by atoms with Gasteiger partial charge in [0.2, 0.25) is 0 Å². The summed E-state index contributed by atoms with van der Waals surface area (Å²) in [5.41, 5.74) is 5.57. The lowest BCUT2D eigenvalue weighted by atomic mass is 10.1. The first-order chi connectivity index (χ1) is 10.7. The second-order valence-corrected chi connectivity index (χ2v) is 4.81. The number of benzene rings is 1. The second-order valence-electron chi connectivity index (χ2n) is 4.81. The largest absolute Gasteiger partial charge is 0.272 e. The van der Waals surface area contributed by atoms with E-state index >= 15 is 0 Å². The Morgan fingerprint density at radius 3 is 2.77 bits per heavy atom. The summed E-state index contributed by atoms with van der Waals surface area (Å²) in [5, 5.41) is 4.79. The molecule has 0 radical (unpaired) electrons. The first-order valence-corrected chi connectivity index (χ1v) is 6.84. The lowest BCUT2D eigenvalue weighted by molar-refractivity contribution is 0.0956. The number of carbonyl (C=O) groups excluding carboxylic acids is 1. The quantitative estimate of drug-likeness (QED) is 0.595. The molecule has 0 fully saturated rings. The van der Waals surface area contributed by atoms with E-state index in [1.54, 1.807) is 24.7 Å². The van der Waals surface area contributed by atoms with Gasteiger partial charge in [0, 0.05) is 23.5 Å². The van der Waals surface area contributed by atoms with E-state index in [4.69, 9.17) is 0 Å². The number of hydrogen-bond donors (Lipinski definition) is 1. The second kappa shape index (κ2) is 6.13. The van der Waals surface area contributed by atoms with Crippen molar-refractivity contribution in [3.63, 3.8) is 0 Å². The zero-order valence-corrected chi connectivity index (χ0v) is 12.0. The normalized spacial score (nSPS) is 11.0. The summed E-state index contributed by atoms with van der Waals surface area (Å²) in [4.78, 5) is 20.7. The van der Waals surface area contributed by atoms with Crippen molar-refractivity contribution >= 4 is 23.0 Å². The van der Waals surface area contributed by atoms with Crippen LogP contribution in [0.4, 0.5) is 0 Å². The van der Waals surface area contributed by atoms with Gasteiger partial charge in [0.15, 0.2) is 0 Å². The van der Waals surface area contributed by atoms with Gasteiger partial charge in [0.25, 0.3) is 5.91 Å². The maximum atomic E-state index is 12.3. The van der Waals surface area contributed by atoms with Crippen LogP contribution in [-0.2, 0) is 0 Å². The summed E-state index contributed by atoms with van der Waals surface area (Å²) in [6.07, 6.45) is 4.92. The molecule has 22 heavy (non-hydrogen) atoms. The lowest BCUT2D eigenvalue weighted by Crippen LogP contribution is -2.18. The van der Waals surface area contributed by atoms with E-state index in [1.165, 1.54) is 0 Å². The zero-order chi connectivity index (χ0) is 15.4. The van der Waals surface area contributed by atoms with E-state index in [0.717, 1.165) is 22.2 Å². The van der Waals surface area contributed by atoms with E-state index in [0.29, 0.717) is 5.56 Å². The van der Waals surface area contributed by atoms with Crippen molar-refractivity contribution in [3.8, 4) is 0 Å². The van der Waals surface area contributed by atoms with Gasteiger partial charge in [-0.05, 0) is 36.8 Å². The molecule has 2 aromatic heterocycles. The molecular weight excluding hydrogens is 276 g/mol. The average Bonchev–Trinajstić information content (AvgIpc) is 2.55. The molecule has 0 saturated carbocycles. The Balaban J connectivity index is 1.85. The number of carbonyl (C=O) groups is 1. The molecule has 5 nitrogen and oxygen atoms in total. The molecule has 0 unspecified atom stereocenters. The number of para-hydroxylation sites is 1. The minimum Gasteiger partial charge on any atom is -0.267 e. The average molecular weight is 290 g/mol. The summed E-state index contributed by atoms with van der Waals surface area (Å²) in [5.74, 6) is -0.257.